The number of hydrogen-bond donors (Lipinski definition) is 3. The number of hydrogen-bond acceptors (Lipinski definition) is 5. The van der Waals surface area contributed by atoms with Crippen molar-refractivity contribution in [3.8, 4) is 0 Å². The minimum atomic E-state index is -0.262. The van der Waals surface area contributed by atoms with E-state index in [1.165, 1.54) is 45.2 Å². The Hall–Kier alpha value is -2.03. The number of benzene rings is 2. The van der Waals surface area contributed by atoms with Gasteiger partial charge in [-0.15, -0.1) is 0 Å². The molecule has 2 aromatic carbocycles. The molecule has 0 saturated carbocycles. The molecular weight excluding hydrogens is 521 g/mol. The maximum atomic E-state index is 12.7. The highest BCUT2D eigenvalue weighted by atomic mass is 35.5. The van der Waals surface area contributed by atoms with Gasteiger partial charge in [0.05, 0.1) is 15.7 Å². The maximum absolute atomic E-state index is 12.7. The lowest BCUT2D eigenvalue weighted by Crippen LogP contribution is -2.47. The van der Waals surface area contributed by atoms with Crippen molar-refractivity contribution >= 4 is 40.6 Å². The number of likely N-dealkylation sites (tertiary alicyclic amines) is 2. The van der Waals surface area contributed by atoms with Crippen LogP contribution in [0.1, 0.15) is 56.9 Å². The van der Waals surface area contributed by atoms with Crippen LogP contribution in [0, 0.1) is 0 Å². The summed E-state index contributed by atoms with van der Waals surface area (Å²) < 4.78 is 0. The largest absolute Gasteiger partial charge is 0.337 e. The molecule has 1 unspecified atom stereocenters. The zero-order valence-corrected chi connectivity index (χ0v) is 23.9. The SMILES string of the molecule is CCN(O)c1ccc(NC(=O)NCC(CCN2CCC(N3CCCCC3)CC2)c2ccc(Cl)c(Cl)c2)cc1. The molecule has 0 spiro atoms. The van der Waals surface area contributed by atoms with Crippen molar-refractivity contribution in [3.63, 3.8) is 0 Å². The van der Waals surface area contributed by atoms with Crippen molar-refractivity contribution < 1.29 is 10.0 Å². The first kappa shape index (κ1) is 29.0. The highest BCUT2D eigenvalue weighted by Gasteiger charge is 2.26. The van der Waals surface area contributed by atoms with Gasteiger partial charge in [-0.1, -0.05) is 35.7 Å². The maximum Gasteiger partial charge on any atom is 0.319 e. The van der Waals surface area contributed by atoms with Crippen molar-refractivity contribution in [3.05, 3.63) is 58.1 Å². The van der Waals surface area contributed by atoms with Gasteiger partial charge in [-0.05, 0) is 114 Å². The van der Waals surface area contributed by atoms with E-state index in [0.717, 1.165) is 42.7 Å². The smallest absolute Gasteiger partial charge is 0.319 e. The van der Waals surface area contributed by atoms with E-state index in [4.69, 9.17) is 23.2 Å². The average molecular weight is 563 g/mol. The van der Waals surface area contributed by atoms with Gasteiger partial charge < -0.3 is 20.4 Å². The van der Waals surface area contributed by atoms with Crippen molar-refractivity contribution in [1.29, 1.82) is 0 Å². The summed E-state index contributed by atoms with van der Waals surface area (Å²) in [6, 6.07) is 13.3. The Morgan fingerprint density at radius 3 is 2.39 bits per heavy atom. The Kier molecular flexibility index (Phi) is 11.0. The van der Waals surface area contributed by atoms with Crippen LogP contribution in [-0.4, -0.2) is 72.9 Å². The van der Waals surface area contributed by atoms with Crippen molar-refractivity contribution in [2.24, 2.45) is 0 Å². The summed E-state index contributed by atoms with van der Waals surface area (Å²) in [6.07, 6.45) is 7.47. The van der Waals surface area contributed by atoms with Crippen LogP contribution < -0.4 is 15.7 Å². The van der Waals surface area contributed by atoms with Gasteiger partial charge in [0.1, 0.15) is 0 Å². The first-order valence-electron chi connectivity index (χ1n) is 14.0. The van der Waals surface area contributed by atoms with E-state index in [-0.39, 0.29) is 11.9 Å². The second kappa shape index (κ2) is 14.4. The van der Waals surface area contributed by atoms with Gasteiger partial charge in [-0.25, -0.2) is 4.79 Å². The molecule has 2 saturated heterocycles. The predicted molar refractivity (Wildman–Crippen MR) is 157 cm³/mol. The van der Waals surface area contributed by atoms with Crippen molar-refractivity contribution in [1.82, 2.24) is 15.1 Å². The molecule has 0 aromatic heterocycles. The third-order valence-corrected chi connectivity index (χ3v) is 8.64. The van der Waals surface area contributed by atoms with Gasteiger partial charge in [-0.3, -0.25) is 10.3 Å². The fourth-order valence-corrected chi connectivity index (χ4v) is 5.88. The van der Waals surface area contributed by atoms with Crippen molar-refractivity contribution in [2.45, 2.75) is 57.4 Å². The molecule has 3 N–H and O–H groups in total. The molecule has 7 nitrogen and oxygen atoms in total. The summed E-state index contributed by atoms with van der Waals surface area (Å²) >= 11 is 12.5. The lowest BCUT2D eigenvalue weighted by Gasteiger charge is -2.40. The number of rotatable bonds is 10. The second-order valence-electron chi connectivity index (χ2n) is 10.4. The normalized spacial score (nSPS) is 18.2. The number of hydroxylamine groups is 1. The van der Waals surface area contributed by atoms with Crippen molar-refractivity contribution in [2.75, 3.05) is 56.2 Å². The fourth-order valence-electron chi connectivity index (χ4n) is 5.57. The predicted octanol–water partition coefficient (Wildman–Crippen LogP) is 6.45. The molecule has 2 heterocycles. The quantitative estimate of drug-likeness (QED) is 0.290. The van der Waals surface area contributed by atoms with E-state index in [0.29, 0.717) is 34.5 Å². The number of amides is 2. The standard InChI is InChI=1S/C29H41Cl2N5O2/c1-2-36(38)26-9-7-24(8-10-26)33-29(37)32-21-23(22-6-11-27(30)28(31)20-22)12-17-34-18-13-25(14-19-34)35-15-4-3-5-16-35/h6-11,20,23,25,38H,2-5,12-19,21H2,1H3,(H2,32,33,37). The molecular formula is C29H41Cl2N5O2. The molecule has 0 radical (unpaired) electrons. The van der Waals surface area contributed by atoms with Gasteiger partial charge in [0.25, 0.3) is 0 Å². The number of carbonyl (C=O) groups is 1. The number of halogens is 2. The molecule has 2 aliphatic rings. The van der Waals surface area contributed by atoms with Gasteiger partial charge in [0, 0.05) is 30.7 Å². The first-order chi connectivity index (χ1) is 18.4. The number of piperidine rings is 2. The van der Waals surface area contributed by atoms with Crippen LogP contribution in [0.25, 0.3) is 0 Å². The molecule has 2 amide bonds. The van der Waals surface area contributed by atoms with E-state index in [2.05, 4.69) is 20.4 Å². The Morgan fingerprint density at radius 1 is 1.03 bits per heavy atom. The number of nitrogens with zero attached hydrogens (tertiary/aromatic N) is 3. The molecule has 2 aliphatic heterocycles. The Balaban J connectivity index is 1.30. The number of anilines is 2. The third-order valence-electron chi connectivity index (χ3n) is 7.90. The van der Waals surface area contributed by atoms with Gasteiger partial charge in [0.2, 0.25) is 0 Å². The van der Waals surface area contributed by atoms with E-state index in [1.54, 1.807) is 24.3 Å². The van der Waals surface area contributed by atoms with Gasteiger partial charge in [0.15, 0.2) is 0 Å². The molecule has 208 valence electrons. The van der Waals surface area contributed by atoms with E-state index in [1.807, 2.05) is 25.1 Å². The number of carbonyl (C=O) groups excluding carboxylic acids is 1. The van der Waals surface area contributed by atoms with E-state index < -0.39 is 0 Å². The highest BCUT2D eigenvalue weighted by Crippen LogP contribution is 2.29. The zero-order valence-electron chi connectivity index (χ0n) is 22.3. The molecule has 38 heavy (non-hydrogen) atoms. The molecule has 2 aromatic rings. The molecule has 2 fully saturated rings. The minimum absolute atomic E-state index is 0.116. The molecule has 1 atom stereocenters. The Bertz CT molecular complexity index is 1020. The van der Waals surface area contributed by atoms with Gasteiger partial charge in [-0.2, -0.15) is 0 Å². The summed E-state index contributed by atoms with van der Waals surface area (Å²) in [5.41, 5.74) is 2.42. The van der Waals surface area contributed by atoms with Crippen LogP contribution in [0.5, 0.6) is 0 Å². The number of nitrogens with one attached hydrogen (secondary N) is 2. The zero-order chi connectivity index (χ0) is 26.9. The van der Waals surface area contributed by atoms with E-state index in [9.17, 15) is 10.0 Å². The summed E-state index contributed by atoms with van der Waals surface area (Å²) in [6.45, 7) is 8.61. The molecule has 4 rings (SSSR count). The number of urea groups is 1. The lowest BCUT2D eigenvalue weighted by molar-refractivity contribution is 0.0912. The van der Waals surface area contributed by atoms with Crippen LogP contribution in [0.2, 0.25) is 10.0 Å². The Labute approximate surface area is 237 Å². The average Bonchev–Trinajstić information content (AvgIpc) is 2.95. The summed E-state index contributed by atoms with van der Waals surface area (Å²) in [5, 5.41) is 18.0. The molecule has 0 aliphatic carbocycles. The molecule has 0 bridgehead atoms. The third kappa shape index (κ3) is 8.23. The highest BCUT2D eigenvalue weighted by molar-refractivity contribution is 6.42. The van der Waals surface area contributed by atoms with Gasteiger partial charge >= 0.3 is 6.03 Å². The lowest BCUT2D eigenvalue weighted by atomic mass is 9.94. The molecule has 9 heteroatoms. The van der Waals surface area contributed by atoms with E-state index >= 15 is 0 Å². The summed E-state index contributed by atoms with van der Waals surface area (Å²) in [4.78, 5) is 18.0. The first-order valence-corrected chi connectivity index (χ1v) is 14.7. The van der Waals surface area contributed by atoms with Crippen LogP contribution in [0.4, 0.5) is 16.2 Å². The minimum Gasteiger partial charge on any atom is -0.337 e. The monoisotopic (exact) mass is 561 g/mol. The Morgan fingerprint density at radius 2 is 1.74 bits per heavy atom. The second-order valence-corrected chi connectivity index (χ2v) is 11.2. The summed E-state index contributed by atoms with van der Waals surface area (Å²) in [5.74, 6) is 0.116. The van der Waals surface area contributed by atoms with Crippen LogP contribution in [0.15, 0.2) is 42.5 Å². The van der Waals surface area contributed by atoms with Crippen LogP contribution in [0.3, 0.4) is 0 Å². The fraction of sp³-hybridized carbons (Fsp3) is 0.552. The van der Waals surface area contributed by atoms with Crippen LogP contribution >= 0.6 is 23.2 Å². The van der Waals surface area contributed by atoms with Crippen LogP contribution in [-0.2, 0) is 0 Å². The topological polar surface area (TPSA) is 71.1 Å². The summed E-state index contributed by atoms with van der Waals surface area (Å²) in [7, 11) is 0.